The van der Waals surface area contributed by atoms with Gasteiger partial charge in [-0.15, -0.1) is 0 Å². The molecule has 1 aliphatic rings. The summed E-state index contributed by atoms with van der Waals surface area (Å²) in [4.78, 5) is 4.81. The monoisotopic (exact) mass is 310 g/mol. The van der Waals surface area contributed by atoms with Gasteiger partial charge in [-0.05, 0) is 12.0 Å². The SMILES string of the molecule is CC[C@@H]1CN(Cc2ccccc2)CCN1CCS(C)(=O)=O. The second kappa shape index (κ2) is 7.38. The van der Waals surface area contributed by atoms with Crippen LogP contribution in [0.25, 0.3) is 0 Å². The van der Waals surface area contributed by atoms with E-state index in [0.717, 1.165) is 32.6 Å². The molecule has 0 aliphatic carbocycles. The average Bonchev–Trinajstić information content (AvgIpc) is 2.46. The maximum atomic E-state index is 11.3. The highest BCUT2D eigenvalue weighted by Crippen LogP contribution is 2.15. The molecule has 0 saturated carbocycles. The molecule has 1 fully saturated rings. The zero-order valence-electron chi connectivity index (χ0n) is 13.0. The van der Waals surface area contributed by atoms with Crippen molar-refractivity contribution in [3.8, 4) is 0 Å². The van der Waals surface area contributed by atoms with Gasteiger partial charge in [0.15, 0.2) is 0 Å². The summed E-state index contributed by atoms with van der Waals surface area (Å²) >= 11 is 0. The Bertz CT molecular complexity index is 530. The summed E-state index contributed by atoms with van der Waals surface area (Å²) in [5, 5.41) is 0. The van der Waals surface area contributed by atoms with Gasteiger partial charge in [-0.25, -0.2) is 8.42 Å². The molecule has 1 aliphatic heterocycles. The molecule has 0 aromatic heterocycles. The van der Waals surface area contributed by atoms with Crippen LogP contribution in [0.5, 0.6) is 0 Å². The maximum absolute atomic E-state index is 11.3. The smallest absolute Gasteiger partial charge is 0.148 e. The molecule has 0 radical (unpaired) electrons. The number of benzene rings is 1. The van der Waals surface area contributed by atoms with Gasteiger partial charge >= 0.3 is 0 Å². The van der Waals surface area contributed by atoms with Crippen LogP contribution in [0.4, 0.5) is 0 Å². The topological polar surface area (TPSA) is 40.6 Å². The first-order valence-electron chi connectivity index (χ1n) is 7.66. The average molecular weight is 310 g/mol. The normalized spacial score (nSPS) is 21.5. The predicted molar refractivity (Wildman–Crippen MR) is 87.1 cm³/mol. The maximum Gasteiger partial charge on any atom is 0.148 e. The standard InChI is InChI=1S/C16H26N2O2S/c1-3-16-14-17(13-15-7-5-4-6-8-15)9-10-18(16)11-12-21(2,19)20/h4-8,16H,3,9-14H2,1-2H3/t16-/m1/s1. The Balaban J connectivity index is 1.89. The van der Waals surface area contributed by atoms with E-state index in [9.17, 15) is 8.42 Å². The fraction of sp³-hybridized carbons (Fsp3) is 0.625. The minimum atomic E-state index is -2.87. The summed E-state index contributed by atoms with van der Waals surface area (Å²) in [5.74, 6) is 0.266. The van der Waals surface area contributed by atoms with Crippen molar-refractivity contribution in [1.29, 1.82) is 0 Å². The van der Waals surface area contributed by atoms with E-state index in [4.69, 9.17) is 0 Å². The number of hydrogen-bond donors (Lipinski definition) is 0. The number of hydrogen-bond acceptors (Lipinski definition) is 4. The van der Waals surface area contributed by atoms with E-state index in [2.05, 4.69) is 41.0 Å². The van der Waals surface area contributed by atoms with Crippen LogP contribution in [0.15, 0.2) is 30.3 Å². The van der Waals surface area contributed by atoms with Crippen molar-refractivity contribution >= 4 is 9.84 Å². The second-order valence-electron chi connectivity index (χ2n) is 5.95. The largest absolute Gasteiger partial charge is 0.297 e. The molecule has 1 atom stereocenters. The second-order valence-corrected chi connectivity index (χ2v) is 8.21. The molecular formula is C16H26N2O2S. The van der Waals surface area contributed by atoms with Crippen LogP contribution >= 0.6 is 0 Å². The van der Waals surface area contributed by atoms with Gasteiger partial charge in [0, 0.05) is 45.0 Å². The predicted octanol–water partition coefficient (Wildman–Crippen LogP) is 1.63. The van der Waals surface area contributed by atoms with E-state index < -0.39 is 9.84 Å². The van der Waals surface area contributed by atoms with Crippen molar-refractivity contribution in [2.75, 3.05) is 38.2 Å². The van der Waals surface area contributed by atoms with Gasteiger partial charge in [0.1, 0.15) is 9.84 Å². The third-order valence-electron chi connectivity index (χ3n) is 4.16. The molecule has 118 valence electrons. The van der Waals surface area contributed by atoms with Gasteiger partial charge in [0.05, 0.1) is 5.75 Å². The van der Waals surface area contributed by atoms with Crippen LogP contribution in [0, 0.1) is 0 Å². The lowest BCUT2D eigenvalue weighted by atomic mass is 10.1. The molecule has 1 heterocycles. The zero-order chi connectivity index (χ0) is 15.3. The van der Waals surface area contributed by atoms with E-state index in [1.54, 1.807) is 0 Å². The Kier molecular flexibility index (Phi) is 5.79. The molecule has 5 heteroatoms. The molecule has 0 N–H and O–H groups in total. The molecule has 0 spiro atoms. The minimum Gasteiger partial charge on any atom is -0.297 e. The molecular weight excluding hydrogens is 284 g/mol. The summed E-state index contributed by atoms with van der Waals surface area (Å²) in [7, 11) is -2.87. The Labute approximate surface area is 128 Å². The lowest BCUT2D eigenvalue weighted by Crippen LogP contribution is -2.53. The van der Waals surface area contributed by atoms with Gasteiger partial charge in [0.2, 0.25) is 0 Å². The molecule has 1 aromatic rings. The lowest BCUT2D eigenvalue weighted by Gasteiger charge is -2.41. The van der Waals surface area contributed by atoms with Crippen molar-refractivity contribution in [1.82, 2.24) is 9.80 Å². The molecule has 21 heavy (non-hydrogen) atoms. The van der Waals surface area contributed by atoms with Gasteiger partial charge in [-0.1, -0.05) is 37.3 Å². The van der Waals surface area contributed by atoms with Crippen molar-refractivity contribution < 1.29 is 8.42 Å². The third kappa shape index (κ3) is 5.41. The molecule has 4 nitrogen and oxygen atoms in total. The fourth-order valence-corrected chi connectivity index (χ4v) is 3.47. The highest BCUT2D eigenvalue weighted by atomic mass is 32.2. The first kappa shape index (κ1) is 16.5. The number of sulfone groups is 1. The highest BCUT2D eigenvalue weighted by Gasteiger charge is 2.26. The van der Waals surface area contributed by atoms with Gasteiger partial charge in [-0.2, -0.15) is 0 Å². The van der Waals surface area contributed by atoms with E-state index in [1.807, 2.05) is 6.07 Å². The minimum absolute atomic E-state index is 0.266. The summed E-state index contributed by atoms with van der Waals surface area (Å²) in [6.45, 7) is 6.82. The molecule has 0 unspecified atom stereocenters. The van der Waals surface area contributed by atoms with E-state index in [-0.39, 0.29) is 5.75 Å². The Hall–Kier alpha value is -0.910. The molecule has 2 rings (SSSR count). The quantitative estimate of drug-likeness (QED) is 0.801. The number of piperazine rings is 1. The zero-order valence-corrected chi connectivity index (χ0v) is 13.8. The lowest BCUT2D eigenvalue weighted by molar-refractivity contribution is 0.0726. The van der Waals surface area contributed by atoms with Gasteiger partial charge < -0.3 is 0 Å². The molecule has 0 bridgehead atoms. The van der Waals surface area contributed by atoms with Crippen LogP contribution in [0.1, 0.15) is 18.9 Å². The summed E-state index contributed by atoms with van der Waals surface area (Å²) in [5.41, 5.74) is 1.34. The van der Waals surface area contributed by atoms with Crippen molar-refractivity contribution in [3.05, 3.63) is 35.9 Å². The van der Waals surface area contributed by atoms with E-state index >= 15 is 0 Å². The first-order chi connectivity index (χ1) is 9.98. The van der Waals surface area contributed by atoms with Crippen molar-refractivity contribution in [2.24, 2.45) is 0 Å². The van der Waals surface area contributed by atoms with Gasteiger partial charge in [-0.3, -0.25) is 9.80 Å². The summed E-state index contributed by atoms with van der Waals surface area (Å²) in [6.07, 6.45) is 2.38. The molecule has 0 amide bonds. The summed E-state index contributed by atoms with van der Waals surface area (Å²) < 4.78 is 22.7. The van der Waals surface area contributed by atoms with Crippen LogP contribution in [-0.2, 0) is 16.4 Å². The van der Waals surface area contributed by atoms with Crippen LogP contribution in [0.3, 0.4) is 0 Å². The Morgan fingerprint density at radius 2 is 1.90 bits per heavy atom. The third-order valence-corrected chi connectivity index (χ3v) is 5.08. The van der Waals surface area contributed by atoms with Crippen LogP contribution in [-0.4, -0.2) is 62.4 Å². The van der Waals surface area contributed by atoms with Crippen LogP contribution < -0.4 is 0 Å². The molecule has 1 aromatic carbocycles. The van der Waals surface area contributed by atoms with Crippen molar-refractivity contribution in [3.63, 3.8) is 0 Å². The van der Waals surface area contributed by atoms with Gasteiger partial charge in [0.25, 0.3) is 0 Å². The first-order valence-corrected chi connectivity index (χ1v) is 9.72. The Morgan fingerprint density at radius 1 is 1.19 bits per heavy atom. The van der Waals surface area contributed by atoms with E-state index in [1.165, 1.54) is 11.8 Å². The fourth-order valence-electron chi connectivity index (χ4n) is 2.91. The summed E-state index contributed by atoms with van der Waals surface area (Å²) in [6, 6.07) is 11.0. The Morgan fingerprint density at radius 3 is 2.52 bits per heavy atom. The molecule has 1 saturated heterocycles. The van der Waals surface area contributed by atoms with E-state index in [0.29, 0.717) is 12.6 Å². The highest BCUT2D eigenvalue weighted by molar-refractivity contribution is 7.90. The number of nitrogens with zero attached hydrogens (tertiary/aromatic N) is 2. The van der Waals surface area contributed by atoms with Crippen molar-refractivity contribution in [2.45, 2.75) is 25.9 Å². The van der Waals surface area contributed by atoms with Crippen LogP contribution in [0.2, 0.25) is 0 Å². The number of rotatable bonds is 6.